The molecule has 0 aliphatic carbocycles. The Bertz CT molecular complexity index is 1030. The van der Waals surface area contributed by atoms with Crippen LogP contribution in [0.25, 0.3) is 22.3 Å². The Balaban J connectivity index is 1.77. The Hall–Kier alpha value is -2.92. The summed E-state index contributed by atoms with van der Waals surface area (Å²) in [6.07, 6.45) is 4.03. The number of aromatic amines is 1. The quantitative estimate of drug-likeness (QED) is 0.648. The van der Waals surface area contributed by atoms with Crippen LogP contribution in [0.1, 0.15) is 17.5 Å². The second-order valence-electron chi connectivity index (χ2n) is 6.85. The fourth-order valence-corrected chi connectivity index (χ4v) is 3.45. The van der Waals surface area contributed by atoms with Gasteiger partial charge in [-0.2, -0.15) is 0 Å². The van der Waals surface area contributed by atoms with Gasteiger partial charge in [0.2, 0.25) is 5.88 Å². The van der Waals surface area contributed by atoms with E-state index in [1.54, 1.807) is 13.3 Å². The summed E-state index contributed by atoms with van der Waals surface area (Å²) in [5.74, 6) is 6.63. The smallest absolute Gasteiger partial charge is 0.212 e. The lowest BCUT2D eigenvalue weighted by atomic mass is 10.1. The Morgan fingerprint density at radius 1 is 1.24 bits per heavy atom. The lowest BCUT2D eigenvalue weighted by molar-refractivity contribution is 0.0344. The zero-order valence-electron chi connectivity index (χ0n) is 16.4. The fourth-order valence-electron chi connectivity index (χ4n) is 3.45. The fraction of sp³-hybridized carbons (Fsp3) is 0.364. The normalized spacial score (nSPS) is 14.6. The minimum Gasteiger partial charge on any atom is -0.481 e. The standard InChI is InChI=1S/C22H24N4O3/c1-28-20-6-5-17(14-23-20)21-19(15-26-7-10-29-11-8-26)18-12-16(4-2-3-9-27)13-24-22(18)25-21/h5-6,12-14,27H,3,7-11,15H2,1H3,(H,24,25). The van der Waals surface area contributed by atoms with Crippen LogP contribution in [0.4, 0.5) is 0 Å². The molecule has 0 spiro atoms. The van der Waals surface area contributed by atoms with E-state index in [1.807, 2.05) is 18.3 Å². The number of ether oxygens (including phenoxy) is 2. The molecule has 0 unspecified atom stereocenters. The average molecular weight is 392 g/mol. The van der Waals surface area contributed by atoms with Crippen LogP contribution in [-0.2, 0) is 11.3 Å². The topological polar surface area (TPSA) is 83.5 Å². The van der Waals surface area contributed by atoms with E-state index in [2.05, 4.69) is 37.8 Å². The van der Waals surface area contributed by atoms with E-state index in [1.165, 1.54) is 5.56 Å². The van der Waals surface area contributed by atoms with Crippen molar-refractivity contribution in [1.82, 2.24) is 19.9 Å². The largest absolute Gasteiger partial charge is 0.481 e. The first kappa shape index (κ1) is 19.4. The van der Waals surface area contributed by atoms with E-state index >= 15 is 0 Å². The van der Waals surface area contributed by atoms with E-state index in [-0.39, 0.29) is 6.61 Å². The SMILES string of the molecule is COc1ccc(-c2[nH]c3ncc(C#CCCO)cc3c2CN2CCOCC2)cn1. The Morgan fingerprint density at radius 2 is 2.10 bits per heavy atom. The van der Waals surface area contributed by atoms with Gasteiger partial charge in [0.1, 0.15) is 5.65 Å². The van der Waals surface area contributed by atoms with Gasteiger partial charge in [-0.15, -0.1) is 0 Å². The first-order chi connectivity index (χ1) is 14.3. The molecule has 0 amide bonds. The van der Waals surface area contributed by atoms with Crippen molar-refractivity contribution in [2.75, 3.05) is 40.0 Å². The molecule has 0 aromatic carbocycles. The molecule has 29 heavy (non-hydrogen) atoms. The summed E-state index contributed by atoms with van der Waals surface area (Å²) in [4.78, 5) is 14.8. The van der Waals surface area contributed by atoms with Gasteiger partial charge < -0.3 is 19.6 Å². The van der Waals surface area contributed by atoms with Gasteiger partial charge in [-0.1, -0.05) is 11.8 Å². The van der Waals surface area contributed by atoms with E-state index in [0.29, 0.717) is 12.3 Å². The predicted molar refractivity (Wildman–Crippen MR) is 111 cm³/mol. The van der Waals surface area contributed by atoms with Crippen LogP contribution in [0.15, 0.2) is 30.6 Å². The highest BCUT2D eigenvalue weighted by Crippen LogP contribution is 2.31. The minimum atomic E-state index is 0.0593. The lowest BCUT2D eigenvalue weighted by Gasteiger charge is -2.26. The van der Waals surface area contributed by atoms with Gasteiger partial charge in [-0.3, -0.25) is 4.90 Å². The van der Waals surface area contributed by atoms with Crippen molar-refractivity contribution in [3.8, 4) is 29.0 Å². The number of hydrogen-bond donors (Lipinski definition) is 2. The molecule has 2 N–H and O–H groups in total. The number of aliphatic hydroxyl groups excluding tert-OH is 1. The molecule has 3 aromatic rings. The molecule has 1 fully saturated rings. The van der Waals surface area contributed by atoms with Crippen LogP contribution in [-0.4, -0.2) is 65.0 Å². The molecule has 1 saturated heterocycles. The number of morpholine rings is 1. The molecular formula is C22H24N4O3. The van der Waals surface area contributed by atoms with E-state index < -0.39 is 0 Å². The Labute approximate surface area is 169 Å². The highest BCUT2D eigenvalue weighted by molar-refractivity contribution is 5.89. The van der Waals surface area contributed by atoms with Gasteiger partial charge in [0.15, 0.2) is 0 Å². The Morgan fingerprint density at radius 3 is 2.83 bits per heavy atom. The third kappa shape index (κ3) is 4.40. The highest BCUT2D eigenvalue weighted by atomic mass is 16.5. The van der Waals surface area contributed by atoms with Gasteiger partial charge in [0.05, 0.1) is 32.6 Å². The van der Waals surface area contributed by atoms with Crippen LogP contribution in [0, 0.1) is 11.8 Å². The molecule has 1 aliphatic rings. The van der Waals surface area contributed by atoms with Crippen molar-refractivity contribution >= 4 is 11.0 Å². The number of hydrogen-bond acceptors (Lipinski definition) is 6. The van der Waals surface area contributed by atoms with Crippen LogP contribution < -0.4 is 4.74 Å². The van der Waals surface area contributed by atoms with Crippen molar-refractivity contribution in [3.05, 3.63) is 41.7 Å². The van der Waals surface area contributed by atoms with Crippen molar-refractivity contribution in [1.29, 1.82) is 0 Å². The van der Waals surface area contributed by atoms with E-state index in [4.69, 9.17) is 14.6 Å². The summed E-state index contributed by atoms with van der Waals surface area (Å²) in [5, 5.41) is 10.0. The molecular weight excluding hydrogens is 368 g/mol. The number of H-pyrrole nitrogens is 1. The number of nitrogens with one attached hydrogen (secondary N) is 1. The zero-order chi connectivity index (χ0) is 20.1. The third-order valence-electron chi connectivity index (χ3n) is 4.95. The minimum absolute atomic E-state index is 0.0593. The molecule has 7 nitrogen and oxygen atoms in total. The summed E-state index contributed by atoms with van der Waals surface area (Å²) in [6, 6.07) is 5.93. The molecule has 0 saturated carbocycles. The molecule has 1 aliphatic heterocycles. The predicted octanol–water partition coefficient (Wildman–Crippen LogP) is 2.20. The maximum Gasteiger partial charge on any atom is 0.212 e. The zero-order valence-corrected chi connectivity index (χ0v) is 16.4. The second-order valence-corrected chi connectivity index (χ2v) is 6.85. The molecule has 0 atom stereocenters. The van der Waals surface area contributed by atoms with Crippen molar-refractivity contribution in [2.24, 2.45) is 0 Å². The number of fused-ring (bicyclic) bond motifs is 1. The van der Waals surface area contributed by atoms with E-state index in [9.17, 15) is 0 Å². The molecule has 150 valence electrons. The van der Waals surface area contributed by atoms with Crippen LogP contribution in [0.5, 0.6) is 5.88 Å². The highest BCUT2D eigenvalue weighted by Gasteiger charge is 2.19. The first-order valence-electron chi connectivity index (χ1n) is 9.69. The van der Waals surface area contributed by atoms with Crippen molar-refractivity contribution < 1.29 is 14.6 Å². The summed E-state index contributed by atoms with van der Waals surface area (Å²) in [7, 11) is 1.61. The van der Waals surface area contributed by atoms with Gasteiger partial charge in [-0.05, 0) is 12.1 Å². The van der Waals surface area contributed by atoms with Gasteiger partial charge in [-0.25, -0.2) is 9.97 Å². The van der Waals surface area contributed by atoms with Crippen LogP contribution >= 0.6 is 0 Å². The van der Waals surface area contributed by atoms with Gasteiger partial charge >= 0.3 is 0 Å². The van der Waals surface area contributed by atoms with Gasteiger partial charge in [0.25, 0.3) is 0 Å². The van der Waals surface area contributed by atoms with Crippen molar-refractivity contribution in [2.45, 2.75) is 13.0 Å². The summed E-state index contributed by atoms with van der Waals surface area (Å²) in [6.45, 7) is 4.15. The summed E-state index contributed by atoms with van der Waals surface area (Å²) < 4.78 is 10.7. The first-order valence-corrected chi connectivity index (χ1v) is 9.69. The molecule has 4 heterocycles. The molecule has 0 bridgehead atoms. The average Bonchev–Trinajstić information content (AvgIpc) is 3.12. The van der Waals surface area contributed by atoms with Gasteiger partial charge in [0, 0.05) is 66.6 Å². The maximum absolute atomic E-state index is 8.96. The van der Waals surface area contributed by atoms with Crippen LogP contribution in [0.3, 0.4) is 0 Å². The lowest BCUT2D eigenvalue weighted by Crippen LogP contribution is -2.35. The molecule has 7 heteroatoms. The third-order valence-corrected chi connectivity index (χ3v) is 4.95. The number of pyridine rings is 2. The molecule has 0 radical (unpaired) electrons. The van der Waals surface area contributed by atoms with Crippen molar-refractivity contribution in [3.63, 3.8) is 0 Å². The molecule has 4 rings (SSSR count). The Kier molecular flexibility index (Phi) is 6.06. The summed E-state index contributed by atoms with van der Waals surface area (Å²) in [5.41, 5.74) is 4.83. The van der Waals surface area contributed by atoms with Crippen LogP contribution in [0.2, 0.25) is 0 Å². The number of aromatic nitrogens is 3. The van der Waals surface area contributed by atoms with E-state index in [0.717, 1.165) is 60.7 Å². The number of aliphatic hydroxyl groups is 1. The number of nitrogens with zero attached hydrogens (tertiary/aromatic N) is 3. The monoisotopic (exact) mass is 392 g/mol. The second kappa shape index (κ2) is 9.05. The summed E-state index contributed by atoms with van der Waals surface area (Å²) >= 11 is 0. The number of rotatable bonds is 5. The maximum atomic E-state index is 8.96. The molecule has 3 aromatic heterocycles. The number of methoxy groups -OCH3 is 1.